The van der Waals surface area contributed by atoms with E-state index in [2.05, 4.69) is 5.10 Å². The van der Waals surface area contributed by atoms with Gasteiger partial charge in [-0.1, -0.05) is 17.7 Å². The number of ether oxygens (including phenoxy) is 1. The zero-order chi connectivity index (χ0) is 17.8. The number of carbonyl (C=O) groups is 1. The molecule has 1 aromatic heterocycles. The van der Waals surface area contributed by atoms with Gasteiger partial charge in [0, 0.05) is 25.2 Å². The van der Waals surface area contributed by atoms with Gasteiger partial charge in [-0.05, 0) is 38.0 Å². The Hall–Kier alpha value is -2.44. The molecule has 1 amide bonds. The zero-order valence-corrected chi connectivity index (χ0v) is 14.1. The second kappa shape index (κ2) is 7.63. The van der Waals surface area contributed by atoms with E-state index in [1.807, 2.05) is 31.2 Å². The Morgan fingerprint density at radius 1 is 1.32 bits per heavy atom. The number of hydrogen-bond donors (Lipinski definition) is 0. The van der Waals surface area contributed by atoms with Crippen molar-refractivity contribution in [2.75, 3.05) is 19.7 Å². The van der Waals surface area contributed by atoms with E-state index in [1.165, 1.54) is 12.3 Å². The van der Waals surface area contributed by atoms with Crippen LogP contribution in [0, 0.1) is 12.8 Å². The van der Waals surface area contributed by atoms with Gasteiger partial charge in [-0.15, -0.1) is 0 Å². The number of alkyl halides is 2. The molecule has 2 aromatic rings. The number of piperidine rings is 1. The topological polar surface area (TPSA) is 47.4 Å². The minimum absolute atomic E-state index is 0.0740. The van der Waals surface area contributed by atoms with Crippen LogP contribution in [-0.4, -0.2) is 40.3 Å². The van der Waals surface area contributed by atoms with Crippen LogP contribution in [0.4, 0.5) is 8.78 Å². The third-order valence-corrected chi connectivity index (χ3v) is 4.39. The van der Waals surface area contributed by atoms with Crippen molar-refractivity contribution in [1.82, 2.24) is 14.7 Å². The molecule has 134 valence electrons. The molecule has 1 aliphatic rings. The van der Waals surface area contributed by atoms with Gasteiger partial charge in [0.05, 0.1) is 6.61 Å². The molecular formula is C18H21F2N3O2. The number of aromatic nitrogens is 2. The lowest BCUT2D eigenvalue weighted by Gasteiger charge is -2.32. The van der Waals surface area contributed by atoms with Crippen LogP contribution >= 0.6 is 0 Å². The predicted molar refractivity (Wildman–Crippen MR) is 88.8 cm³/mol. The lowest BCUT2D eigenvalue weighted by atomic mass is 9.98. The third kappa shape index (κ3) is 4.15. The third-order valence-electron chi connectivity index (χ3n) is 4.39. The molecular weight excluding hydrogens is 328 g/mol. The van der Waals surface area contributed by atoms with Crippen LogP contribution in [0.5, 0.6) is 5.75 Å². The van der Waals surface area contributed by atoms with Crippen LogP contribution in [0.2, 0.25) is 0 Å². The number of hydrogen-bond acceptors (Lipinski definition) is 3. The molecule has 3 rings (SSSR count). The van der Waals surface area contributed by atoms with Gasteiger partial charge in [0.1, 0.15) is 11.4 Å². The van der Waals surface area contributed by atoms with E-state index in [4.69, 9.17) is 4.74 Å². The van der Waals surface area contributed by atoms with Crippen molar-refractivity contribution >= 4 is 5.91 Å². The van der Waals surface area contributed by atoms with Crippen LogP contribution in [-0.2, 0) is 0 Å². The van der Waals surface area contributed by atoms with E-state index in [9.17, 15) is 13.6 Å². The number of aryl methyl sites for hydroxylation is 1. The molecule has 7 heteroatoms. The largest absolute Gasteiger partial charge is 0.493 e. The summed E-state index contributed by atoms with van der Waals surface area (Å²) in [4.78, 5) is 14.1. The molecule has 0 N–H and O–H groups in total. The Kier molecular flexibility index (Phi) is 5.31. The minimum atomic E-state index is -2.82. The van der Waals surface area contributed by atoms with E-state index < -0.39 is 12.5 Å². The molecule has 1 atom stereocenters. The first-order valence-electron chi connectivity index (χ1n) is 8.35. The number of amides is 1. The van der Waals surface area contributed by atoms with E-state index in [0.717, 1.165) is 24.2 Å². The highest BCUT2D eigenvalue weighted by molar-refractivity contribution is 5.92. The normalized spacial score (nSPS) is 17.8. The van der Waals surface area contributed by atoms with Crippen LogP contribution in [0.3, 0.4) is 0 Å². The maximum absolute atomic E-state index is 12.9. The summed E-state index contributed by atoms with van der Waals surface area (Å²) in [7, 11) is 0. The molecule has 0 aliphatic carbocycles. The zero-order valence-electron chi connectivity index (χ0n) is 14.1. The number of benzene rings is 1. The van der Waals surface area contributed by atoms with E-state index in [-0.39, 0.29) is 11.6 Å². The first-order valence-corrected chi connectivity index (χ1v) is 8.35. The molecule has 0 unspecified atom stereocenters. The highest BCUT2D eigenvalue weighted by Crippen LogP contribution is 2.22. The van der Waals surface area contributed by atoms with Crippen molar-refractivity contribution in [2.24, 2.45) is 5.92 Å². The summed E-state index contributed by atoms with van der Waals surface area (Å²) in [5, 5.41) is 3.53. The SMILES string of the molecule is Cc1ccc(OC[C@H]2CCCN(C(=O)c3ccnn3C(F)F)C2)cc1. The molecule has 5 nitrogen and oxygen atoms in total. The number of likely N-dealkylation sites (tertiary alicyclic amines) is 1. The van der Waals surface area contributed by atoms with Crippen LogP contribution in [0.15, 0.2) is 36.5 Å². The Bertz CT molecular complexity index is 715. The average Bonchev–Trinajstić information content (AvgIpc) is 3.11. The van der Waals surface area contributed by atoms with E-state index in [0.29, 0.717) is 24.4 Å². The summed E-state index contributed by atoms with van der Waals surface area (Å²) < 4.78 is 32.1. The lowest BCUT2D eigenvalue weighted by molar-refractivity contribution is 0.0425. The predicted octanol–water partition coefficient (Wildman–Crippen LogP) is 3.52. The van der Waals surface area contributed by atoms with Gasteiger partial charge < -0.3 is 9.64 Å². The number of carbonyl (C=O) groups excluding carboxylic acids is 1. The van der Waals surface area contributed by atoms with Gasteiger partial charge in [-0.2, -0.15) is 18.6 Å². The monoisotopic (exact) mass is 349 g/mol. The van der Waals surface area contributed by atoms with E-state index in [1.54, 1.807) is 4.90 Å². The standard InChI is InChI=1S/C18H21F2N3O2/c1-13-4-6-15(7-5-13)25-12-14-3-2-10-22(11-14)17(24)16-8-9-21-23(16)18(19)20/h4-9,14,18H,2-3,10-12H2,1H3/t14-/m0/s1. The molecule has 0 bridgehead atoms. The Morgan fingerprint density at radius 2 is 2.08 bits per heavy atom. The molecule has 1 aliphatic heterocycles. The first kappa shape index (κ1) is 17.4. The number of nitrogens with zero attached hydrogens (tertiary/aromatic N) is 3. The molecule has 1 fully saturated rings. The molecule has 1 saturated heterocycles. The highest BCUT2D eigenvalue weighted by atomic mass is 19.3. The fraction of sp³-hybridized carbons (Fsp3) is 0.444. The summed E-state index contributed by atoms with van der Waals surface area (Å²) in [6.07, 6.45) is 3.00. The quantitative estimate of drug-likeness (QED) is 0.830. The molecule has 25 heavy (non-hydrogen) atoms. The summed E-state index contributed by atoms with van der Waals surface area (Å²) in [5.74, 6) is 0.574. The molecule has 2 heterocycles. The Balaban J connectivity index is 1.59. The molecule has 0 spiro atoms. The van der Waals surface area contributed by atoms with Crippen LogP contribution in [0.25, 0.3) is 0 Å². The van der Waals surface area contributed by atoms with Crippen molar-refractivity contribution < 1.29 is 18.3 Å². The summed E-state index contributed by atoms with van der Waals surface area (Å²) >= 11 is 0. The number of rotatable bonds is 5. The fourth-order valence-corrected chi connectivity index (χ4v) is 3.04. The number of halogens is 2. The maximum Gasteiger partial charge on any atom is 0.333 e. The molecule has 0 saturated carbocycles. The average molecular weight is 349 g/mol. The minimum Gasteiger partial charge on any atom is -0.493 e. The maximum atomic E-state index is 12.9. The fourth-order valence-electron chi connectivity index (χ4n) is 3.04. The van der Waals surface area contributed by atoms with Crippen molar-refractivity contribution in [2.45, 2.75) is 26.3 Å². The van der Waals surface area contributed by atoms with Crippen molar-refractivity contribution in [3.8, 4) is 5.75 Å². The van der Waals surface area contributed by atoms with Crippen LogP contribution in [0.1, 0.15) is 35.4 Å². The van der Waals surface area contributed by atoms with Gasteiger partial charge in [-0.3, -0.25) is 4.79 Å². The van der Waals surface area contributed by atoms with Gasteiger partial charge >= 0.3 is 6.55 Å². The summed E-state index contributed by atoms with van der Waals surface area (Å²) in [5.41, 5.74) is 1.09. The second-order valence-electron chi connectivity index (χ2n) is 6.32. The Morgan fingerprint density at radius 3 is 2.80 bits per heavy atom. The van der Waals surface area contributed by atoms with Crippen molar-refractivity contribution in [1.29, 1.82) is 0 Å². The van der Waals surface area contributed by atoms with E-state index >= 15 is 0 Å². The second-order valence-corrected chi connectivity index (χ2v) is 6.32. The Labute approximate surface area is 145 Å². The van der Waals surface area contributed by atoms with Gasteiger partial charge in [-0.25, -0.2) is 0 Å². The smallest absolute Gasteiger partial charge is 0.333 e. The lowest BCUT2D eigenvalue weighted by Crippen LogP contribution is -2.42. The van der Waals surface area contributed by atoms with Gasteiger partial charge in [0.15, 0.2) is 0 Å². The van der Waals surface area contributed by atoms with Crippen molar-refractivity contribution in [3.63, 3.8) is 0 Å². The molecule has 0 radical (unpaired) electrons. The van der Waals surface area contributed by atoms with Crippen molar-refractivity contribution in [3.05, 3.63) is 47.8 Å². The summed E-state index contributed by atoms with van der Waals surface area (Å²) in [6.45, 7) is 0.756. The summed E-state index contributed by atoms with van der Waals surface area (Å²) in [6, 6.07) is 9.14. The first-order chi connectivity index (χ1) is 12.0. The van der Waals surface area contributed by atoms with Gasteiger partial charge in [0.2, 0.25) is 0 Å². The molecule has 1 aromatic carbocycles. The van der Waals surface area contributed by atoms with Gasteiger partial charge in [0.25, 0.3) is 5.91 Å². The highest BCUT2D eigenvalue weighted by Gasteiger charge is 2.28. The van der Waals surface area contributed by atoms with Crippen LogP contribution < -0.4 is 4.74 Å².